The molecule has 24 heavy (non-hydrogen) atoms. The molecular weight excluding hydrogens is 302 g/mol. The highest BCUT2D eigenvalue weighted by Crippen LogP contribution is 2.20. The highest BCUT2D eigenvalue weighted by Gasteiger charge is 2.24. The molecule has 2 heterocycles. The number of aryl methyl sites for hydroxylation is 2. The van der Waals surface area contributed by atoms with Gasteiger partial charge in [-0.2, -0.15) is 0 Å². The van der Waals surface area contributed by atoms with Crippen molar-refractivity contribution in [3.63, 3.8) is 0 Å². The maximum atomic E-state index is 12.8. The van der Waals surface area contributed by atoms with E-state index in [0.717, 1.165) is 48.4 Å². The molecule has 1 aliphatic rings. The summed E-state index contributed by atoms with van der Waals surface area (Å²) in [5.41, 5.74) is 4.12. The van der Waals surface area contributed by atoms with E-state index in [9.17, 15) is 4.79 Å². The van der Waals surface area contributed by atoms with E-state index in [1.165, 1.54) is 0 Å². The quantitative estimate of drug-likeness (QED) is 0.868. The Morgan fingerprint density at radius 1 is 1.12 bits per heavy atom. The number of amides is 1. The van der Waals surface area contributed by atoms with Gasteiger partial charge in [-0.3, -0.25) is 4.79 Å². The molecule has 5 heteroatoms. The smallest absolute Gasteiger partial charge is 0.253 e. The van der Waals surface area contributed by atoms with Crippen LogP contribution in [0, 0.1) is 13.8 Å². The van der Waals surface area contributed by atoms with Crippen molar-refractivity contribution in [1.29, 1.82) is 0 Å². The number of piperidine rings is 1. The second-order valence-corrected chi connectivity index (χ2v) is 6.77. The molecule has 0 N–H and O–H groups in total. The molecule has 128 valence electrons. The topological polar surface area (TPSA) is 55.3 Å². The molecule has 1 aromatic heterocycles. The fraction of sp³-hybridized carbons (Fsp3) is 0.526. The first kappa shape index (κ1) is 16.8. The lowest BCUT2D eigenvalue weighted by Crippen LogP contribution is -2.41. The first-order valence-electron chi connectivity index (χ1n) is 8.64. The zero-order valence-electron chi connectivity index (χ0n) is 14.9. The van der Waals surface area contributed by atoms with E-state index < -0.39 is 0 Å². The summed E-state index contributed by atoms with van der Waals surface area (Å²) in [5, 5.41) is 0. The summed E-state index contributed by atoms with van der Waals surface area (Å²) in [7, 11) is 0. The summed E-state index contributed by atoms with van der Waals surface area (Å²) in [6.07, 6.45) is 2.30. The number of hydrogen-bond acceptors (Lipinski definition) is 4. The third-order valence-electron chi connectivity index (χ3n) is 4.52. The van der Waals surface area contributed by atoms with Gasteiger partial charge in [0.15, 0.2) is 0 Å². The third-order valence-corrected chi connectivity index (χ3v) is 4.52. The second-order valence-electron chi connectivity index (χ2n) is 6.77. The van der Waals surface area contributed by atoms with Crippen molar-refractivity contribution in [2.24, 2.45) is 0 Å². The van der Waals surface area contributed by atoms with Crippen LogP contribution in [0.5, 0.6) is 0 Å². The van der Waals surface area contributed by atoms with Crippen LogP contribution in [0.3, 0.4) is 0 Å². The Morgan fingerprint density at radius 2 is 1.75 bits per heavy atom. The molecule has 1 aliphatic heterocycles. The molecule has 1 saturated heterocycles. The lowest BCUT2D eigenvalue weighted by Gasteiger charge is -2.33. The molecule has 0 saturated carbocycles. The summed E-state index contributed by atoms with van der Waals surface area (Å²) >= 11 is 0. The van der Waals surface area contributed by atoms with Crippen molar-refractivity contribution in [2.75, 3.05) is 13.1 Å². The lowest BCUT2D eigenvalue weighted by atomic mass is 10.1. The fourth-order valence-electron chi connectivity index (χ4n) is 3.13. The van der Waals surface area contributed by atoms with Crippen LogP contribution in [0.1, 0.15) is 48.4 Å². The van der Waals surface area contributed by atoms with Gasteiger partial charge in [0, 0.05) is 18.7 Å². The van der Waals surface area contributed by atoms with Crippen LogP contribution in [-0.2, 0) is 4.74 Å². The second kappa shape index (κ2) is 6.85. The highest BCUT2D eigenvalue weighted by molar-refractivity contribution is 5.97. The van der Waals surface area contributed by atoms with Crippen molar-refractivity contribution >= 4 is 16.9 Å². The lowest BCUT2D eigenvalue weighted by molar-refractivity contribution is -0.0236. The first-order chi connectivity index (χ1) is 11.4. The molecule has 3 rings (SSSR count). The van der Waals surface area contributed by atoms with E-state index in [4.69, 9.17) is 4.74 Å². The molecular formula is C19H25N3O2. The Morgan fingerprint density at radius 3 is 2.38 bits per heavy atom. The van der Waals surface area contributed by atoms with Gasteiger partial charge in [0.1, 0.15) is 0 Å². The number of likely N-dealkylation sites (tertiary alicyclic amines) is 1. The number of carbonyl (C=O) groups is 1. The van der Waals surface area contributed by atoms with Crippen molar-refractivity contribution in [2.45, 2.75) is 52.7 Å². The summed E-state index contributed by atoms with van der Waals surface area (Å²) in [4.78, 5) is 23.8. The van der Waals surface area contributed by atoms with E-state index in [-0.39, 0.29) is 18.1 Å². The molecule has 0 bridgehead atoms. The van der Waals surface area contributed by atoms with Gasteiger partial charge >= 0.3 is 0 Å². The average Bonchev–Trinajstić information content (AvgIpc) is 2.55. The molecule has 5 nitrogen and oxygen atoms in total. The molecule has 0 atom stereocenters. The van der Waals surface area contributed by atoms with Crippen LogP contribution in [0.4, 0.5) is 0 Å². The minimum Gasteiger partial charge on any atom is -0.375 e. The highest BCUT2D eigenvalue weighted by atomic mass is 16.5. The van der Waals surface area contributed by atoms with Gasteiger partial charge in [-0.15, -0.1) is 0 Å². The van der Waals surface area contributed by atoms with E-state index in [0.29, 0.717) is 5.56 Å². The van der Waals surface area contributed by atoms with Gasteiger partial charge in [-0.05, 0) is 58.7 Å². The average molecular weight is 327 g/mol. The van der Waals surface area contributed by atoms with Crippen LogP contribution in [0.2, 0.25) is 0 Å². The summed E-state index contributed by atoms with van der Waals surface area (Å²) in [6.45, 7) is 9.48. The predicted octanol–water partition coefficient (Wildman–Crippen LogP) is 3.28. The van der Waals surface area contributed by atoms with Crippen LogP contribution >= 0.6 is 0 Å². The molecule has 0 radical (unpaired) electrons. The summed E-state index contributed by atoms with van der Waals surface area (Å²) < 4.78 is 5.85. The molecule has 0 aliphatic carbocycles. The van der Waals surface area contributed by atoms with E-state index in [2.05, 4.69) is 23.8 Å². The molecule has 0 spiro atoms. The molecule has 0 unspecified atom stereocenters. The zero-order valence-corrected chi connectivity index (χ0v) is 14.9. The first-order valence-corrected chi connectivity index (χ1v) is 8.64. The van der Waals surface area contributed by atoms with Crippen molar-refractivity contribution < 1.29 is 9.53 Å². The number of hydrogen-bond donors (Lipinski definition) is 0. The minimum absolute atomic E-state index is 0.0694. The Balaban J connectivity index is 1.74. The third kappa shape index (κ3) is 3.56. The van der Waals surface area contributed by atoms with Crippen LogP contribution in [-0.4, -0.2) is 46.1 Å². The van der Waals surface area contributed by atoms with Crippen molar-refractivity contribution in [3.05, 3.63) is 35.2 Å². The summed E-state index contributed by atoms with van der Waals surface area (Å²) in [6, 6.07) is 5.59. The van der Waals surface area contributed by atoms with E-state index in [1.807, 2.05) is 36.9 Å². The van der Waals surface area contributed by atoms with Crippen molar-refractivity contribution in [3.8, 4) is 0 Å². The minimum atomic E-state index is 0.0694. The standard InChI is InChI=1S/C19H25N3O2/c1-12(2)24-16-7-9-22(10-8-16)19(23)15-5-6-17-18(11-15)21-14(4)13(3)20-17/h5-6,11-12,16H,7-10H2,1-4H3. The monoisotopic (exact) mass is 327 g/mol. The van der Waals surface area contributed by atoms with E-state index >= 15 is 0 Å². The maximum Gasteiger partial charge on any atom is 0.253 e. The fourth-order valence-corrected chi connectivity index (χ4v) is 3.13. The van der Waals surface area contributed by atoms with E-state index in [1.54, 1.807) is 0 Å². The van der Waals surface area contributed by atoms with Crippen LogP contribution in [0.15, 0.2) is 18.2 Å². The van der Waals surface area contributed by atoms with Gasteiger partial charge < -0.3 is 9.64 Å². The van der Waals surface area contributed by atoms with Crippen LogP contribution < -0.4 is 0 Å². The summed E-state index contributed by atoms with van der Waals surface area (Å²) in [5.74, 6) is 0.0694. The Hall–Kier alpha value is -2.01. The largest absolute Gasteiger partial charge is 0.375 e. The number of ether oxygens (including phenoxy) is 1. The molecule has 1 aromatic carbocycles. The number of carbonyl (C=O) groups excluding carboxylic acids is 1. The number of fused-ring (bicyclic) bond motifs is 1. The number of nitrogens with zero attached hydrogens (tertiary/aromatic N) is 3. The van der Waals surface area contributed by atoms with Gasteiger partial charge in [-0.1, -0.05) is 0 Å². The predicted molar refractivity (Wildman–Crippen MR) is 94.2 cm³/mol. The van der Waals surface area contributed by atoms with Gasteiger partial charge in [-0.25, -0.2) is 9.97 Å². The zero-order chi connectivity index (χ0) is 17.3. The Bertz CT molecular complexity index is 750. The van der Waals surface area contributed by atoms with Crippen LogP contribution in [0.25, 0.3) is 11.0 Å². The Labute approximate surface area is 143 Å². The maximum absolute atomic E-state index is 12.8. The normalized spacial score (nSPS) is 16.1. The number of benzene rings is 1. The SMILES string of the molecule is Cc1nc2ccc(C(=O)N3CCC(OC(C)C)CC3)cc2nc1C. The van der Waals surface area contributed by atoms with Crippen molar-refractivity contribution in [1.82, 2.24) is 14.9 Å². The molecule has 1 fully saturated rings. The Kier molecular flexibility index (Phi) is 4.81. The number of aromatic nitrogens is 2. The number of rotatable bonds is 3. The van der Waals surface area contributed by atoms with Gasteiger partial charge in [0.05, 0.1) is 34.6 Å². The molecule has 2 aromatic rings. The van der Waals surface area contributed by atoms with Gasteiger partial charge in [0.25, 0.3) is 5.91 Å². The molecule has 1 amide bonds. The van der Waals surface area contributed by atoms with Gasteiger partial charge in [0.2, 0.25) is 0 Å².